The van der Waals surface area contributed by atoms with E-state index in [0.717, 1.165) is 5.70 Å². The molecule has 0 bridgehead atoms. The molecule has 0 heterocycles. The van der Waals surface area contributed by atoms with Crippen molar-refractivity contribution in [2.24, 2.45) is 4.99 Å². The first kappa shape index (κ1) is 7.15. The number of rotatable bonds is 2. The van der Waals surface area contributed by atoms with Gasteiger partial charge in [-0.2, -0.15) is 0 Å². The molecule has 0 fully saturated rings. The molecule has 0 N–H and O–H groups in total. The number of nitrogens with zero attached hydrogens (tertiary/aromatic N) is 1. The molecule has 0 spiro atoms. The summed E-state index contributed by atoms with van der Waals surface area (Å²) < 4.78 is 0. The largest absolute Gasteiger partial charge is 0.262 e. The lowest BCUT2D eigenvalue weighted by Gasteiger charge is -1.79. The van der Waals surface area contributed by atoms with E-state index >= 15 is 0 Å². The first-order valence-electron chi connectivity index (χ1n) is 2.58. The van der Waals surface area contributed by atoms with Gasteiger partial charge in [-0.3, -0.25) is 4.99 Å². The molecule has 0 radical (unpaired) electrons. The molecule has 1 heteroatoms. The third kappa shape index (κ3) is 5.15. The van der Waals surface area contributed by atoms with E-state index in [0.29, 0.717) is 0 Å². The number of hydrogen-bond donors (Lipinski definition) is 0. The third-order valence-electron chi connectivity index (χ3n) is 0.573. The SMILES string of the molecule is C=C(C)N=C/C=C\C. The summed E-state index contributed by atoms with van der Waals surface area (Å²) in [5.74, 6) is 0. The molecule has 0 aliphatic heterocycles. The Labute approximate surface area is 50.4 Å². The summed E-state index contributed by atoms with van der Waals surface area (Å²) in [4.78, 5) is 3.91. The Morgan fingerprint density at radius 1 is 1.62 bits per heavy atom. The second-order valence-corrected chi connectivity index (χ2v) is 1.54. The van der Waals surface area contributed by atoms with Gasteiger partial charge in [0.15, 0.2) is 0 Å². The Kier molecular flexibility index (Phi) is 3.85. The van der Waals surface area contributed by atoms with Crippen molar-refractivity contribution in [2.75, 3.05) is 0 Å². The molecule has 0 amide bonds. The van der Waals surface area contributed by atoms with E-state index < -0.39 is 0 Å². The summed E-state index contributed by atoms with van der Waals surface area (Å²) in [6, 6.07) is 0. The molecule has 0 aromatic rings. The summed E-state index contributed by atoms with van der Waals surface area (Å²) in [5, 5.41) is 0. The van der Waals surface area contributed by atoms with Gasteiger partial charge in [0, 0.05) is 11.9 Å². The van der Waals surface area contributed by atoms with Crippen molar-refractivity contribution in [3.63, 3.8) is 0 Å². The van der Waals surface area contributed by atoms with Crippen molar-refractivity contribution in [3.8, 4) is 0 Å². The van der Waals surface area contributed by atoms with Gasteiger partial charge in [0.2, 0.25) is 0 Å². The summed E-state index contributed by atoms with van der Waals surface area (Å²) in [6.45, 7) is 7.41. The van der Waals surface area contributed by atoms with Crippen molar-refractivity contribution in [3.05, 3.63) is 24.4 Å². The van der Waals surface area contributed by atoms with Crippen LogP contribution in [0.1, 0.15) is 13.8 Å². The van der Waals surface area contributed by atoms with Gasteiger partial charge in [-0.05, 0) is 19.9 Å². The fourth-order valence-corrected chi connectivity index (χ4v) is 0.256. The highest BCUT2D eigenvalue weighted by Gasteiger charge is 1.66. The Morgan fingerprint density at radius 2 is 2.25 bits per heavy atom. The minimum atomic E-state index is 0.836. The lowest BCUT2D eigenvalue weighted by atomic mass is 10.5. The number of hydrogen-bond acceptors (Lipinski definition) is 1. The van der Waals surface area contributed by atoms with E-state index in [1.807, 2.05) is 26.0 Å². The van der Waals surface area contributed by atoms with Gasteiger partial charge in [0.25, 0.3) is 0 Å². The molecule has 8 heavy (non-hydrogen) atoms. The molecule has 44 valence electrons. The fourth-order valence-electron chi connectivity index (χ4n) is 0.256. The highest BCUT2D eigenvalue weighted by Crippen LogP contribution is 1.84. The van der Waals surface area contributed by atoms with Crippen molar-refractivity contribution in [1.82, 2.24) is 0 Å². The van der Waals surface area contributed by atoms with Crippen molar-refractivity contribution in [1.29, 1.82) is 0 Å². The van der Waals surface area contributed by atoms with Gasteiger partial charge in [-0.15, -0.1) is 0 Å². The molecular formula is C7H11N. The molecule has 0 unspecified atom stereocenters. The maximum absolute atomic E-state index is 3.91. The van der Waals surface area contributed by atoms with Gasteiger partial charge in [-0.25, -0.2) is 0 Å². The second-order valence-electron chi connectivity index (χ2n) is 1.54. The lowest BCUT2D eigenvalue weighted by molar-refractivity contribution is 1.34. The summed E-state index contributed by atoms with van der Waals surface area (Å²) in [7, 11) is 0. The van der Waals surface area contributed by atoms with Gasteiger partial charge >= 0.3 is 0 Å². The van der Waals surface area contributed by atoms with E-state index in [9.17, 15) is 0 Å². The Bertz CT molecular complexity index is 120. The van der Waals surface area contributed by atoms with Gasteiger partial charge in [0.1, 0.15) is 0 Å². The Morgan fingerprint density at radius 3 is 2.62 bits per heavy atom. The maximum atomic E-state index is 3.91. The van der Waals surface area contributed by atoms with Crippen LogP contribution < -0.4 is 0 Å². The Balaban J connectivity index is 3.50. The minimum absolute atomic E-state index is 0.836. The van der Waals surface area contributed by atoms with Crippen LogP contribution in [0.4, 0.5) is 0 Å². The standard InChI is InChI=1S/C7H11N/c1-4-5-6-8-7(2)3/h4-6H,2H2,1,3H3/b5-4-,8-6?. The summed E-state index contributed by atoms with van der Waals surface area (Å²) in [5.41, 5.74) is 0.836. The molecule has 0 aromatic heterocycles. The van der Waals surface area contributed by atoms with Crippen LogP contribution in [0.25, 0.3) is 0 Å². The molecule has 1 nitrogen and oxygen atoms in total. The number of aliphatic imine (C=N–C) groups is 1. The molecule has 0 rings (SSSR count). The maximum Gasteiger partial charge on any atom is 0.0300 e. The summed E-state index contributed by atoms with van der Waals surface area (Å²) >= 11 is 0. The van der Waals surface area contributed by atoms with E-state index in [1.165, 1.54) is 0 Å². The topological polar surface area (TPSA) is 12.4 Å². The molecule has 0 aliphatic carbocycles. The highest BCUT2D eigenvalue weighted by molar-refractivity contribution is 5.71. The predicted molar refractivity (Wildman–Crippen MR) is 38.1 cm³/mol. The van der Waals surface area contributed by atoms with Crippen LogP contribution >= 0.6 is 0 Å². The first-order valence-corrected chi connectivity index (χ1v) is 2.58. The molecule has 0 saturated heterocycles. The van der Waals surface area contributed by atoms with Crippen molar-refractivity contribution >= 4 is 6.21 Å². The normalized spacial score (nSPS) is 11.2. The van der Waals surface area contributed by atoms with Gasteiger partial charge < -0.3 is 0 Å². The van der Waals surface area contributed by atoms with Crippen LogP contribution in [0.15, 0.2) is 29.4 Å². The smallest absolute Gasteiger partial charge is 0.0300 e. The number of allylic oxidation sites excluding steroid dienone is 3. The first-order chi connectivity index (χ1) is 3.77. The lowest BCUT2D eigenvalue weighted by Crippen LogP contribution is -1.64. The predicted octanol–water partition coefficient (Wildman–Crippen LogP) is 2.17. The van der Waals surface area contributed by atoms with E-state index in [4.69, 9.17) is 0 Å². The molecular weight excluding hydrogens is 98.1 g/mol. The van der Waals surface area contributed by atoms with E-state index in [2.05, 4.69) is 11.6 Å². The molecule has 0 atom stereocenters. The van der Waals surface area contributed by atoms with Crippen LogP contribution in [0.5, 0.6) is 0 Å². The van der Waals surface area contributed by atoms with Crippen LogP contribution in [-0.2, 0) is 0 Å². The highest BCUT2D eigenvalue weighted by atomic mass is 14.7. The van der Waals surface area contributed by atoms with Gasteiger partial charge in [-0.1, -0.05) is 12.7 Å². The zero-order chi connectivity index (χ0) is 6.41. The van der Waals surface area contributed by atoms with Gasteiger partial charge in [0.05, 0.1) is 0 Å². The minimum Gasteiger partial charge on any atom is -0.262 e. The van der Waals surface area contributed by atoms with Crippen LogP contribution in [0, 0.1) is 0 Å². The zero-order valence-corrected chi connectivity index (χ0v) is 5.39. The fraction of sp³-hybridized carbons (Fsp3) is 0.286. The van der Waals surface area contributed by atoms with E-state index in [-0.39, 0.29) is 0 Å². The molecule has 0 saturated carbocycles. The monoisotopic (exact) mass is 109 g/mol. The van der Waals surface area contributed by atoms with Crippen molar-refractivity contribution in [2.45, 2.75) is 13.8 Å². The average molecular weight is 109 g/mol. The quantitative estimate of drug-likeness (QED) is 0.482. The Hall–Kier alpha value is -0.850. The average Bonchev–Trinajstić information content (AvgIpc) is 1.66. The van der Waals surface area contributed by atoms with Crippen LogP contribution in [0.2, 0.25) is 0 Å². The van der Waals surface area contributed by atoms with Crippen LogP contribution in [-0.4, -0.2) is 6.21 Å². The molecule has 0 aliphatic rings. The van der Waals surface area contributed by atoms with Crippen molar-refractivity contribution < 1.29 is 0 Å². The second kappa shape index (κ2) is 4.31. The third-order valence-corrected chi connectivity index (χ3v) is 0.573. The molecule has 0 aromatic carbocycles. The zero-order valence-electron chi connectivity index (χ0n) is 5.39. The van der Waals surface area contributed by atoms with Crippen LogP contribution in [0.3, 0.4) is 0 Å². The van der Waals surface area contributed by atoms with E-state index in [1.54, 1.807) is 6.21 Å². The summed E-state index contributed by atoms with van der Waals surface area (Å²) in [6.07, 6.45) is 5.52.